The summed E-state index contributed by atoms with van der Waals surface area (Å²) in [6.07, 6.45) is 3.91. The van der Waals surface area contributed by atoms with E-state index in [-0.39, 0.29) is 0 Å². The minimum Gasteiger partial charge on any atom is -0.497 e. The average molecular weight is 248 g/mol. The van der Waals surface area contributed by atoms with Crippen molar-refractivity contribution in [2.45, 2.75) is 32.7 Å². The van der Waals surface area contributed by atoms with Gasteiger partial charge in [-0.15, -0.1) is 0 Å². The number of rotatable bonds is 5. The van der Waals surface area contributed by atoms with Gasteiger partial charge in [0.05, 0.1) is 7.11 Å². The molecule has 1 saturated heterocycles. The molecule has 1 aliphatic rings. The highest BCUT2D eigenvalue weighted by atomic mass is 16.5. The van der Waals surface area contributed by atoms with Gasteiger partial charge >= 0.3 is 0 Å². The molecular formula is C15H24N2O. The van der Waals surface area contributed by atoms with E-state index < -0.39 is 0 Å². The van der Waals surface area contributed by atoms with Gasteiger partial charge in [0.2, 0.25) is 0 Å². The van der Waals surface area contributed by atoms with Gasteiger partial charge in [-0.25, -0.2) is 0 Å². The molecule has 1 heterocycles. The lowest BCUT2D eigenvalue weighted by molar-refractivity contribution is 0.414. The van der Waals surface area contributed by atoms with E-state index in [9.17, 15) is 0 Å². The molecule has 0 spiro atoms. The third-order valence-electron chi connectivity index (χ3n) is 3.84. The van der Waals surface area contributed by atoms with Crippen LogP contribution in [0.3, 0.4) is 0 Å². The Labute approximate surface area is 110 Å². The number of methoxy groups -OCH3 is 1. The summed E-state index contributed by atoms with van der Waals surface area (Å²) < 4.78 is 5.32. The van der Waals surface area contributed by atoms with Crippen LogP contribution in [0.4, 0.5) is 5.69 Å². The summed E-state index contributed by atoms with van der Waals surface area (Å²) in [6, 6.07) is 6.20. The van der Waals surface area contributed by atoms with Gasteiger partial charge in [0, 0.05) is 31.4 Å². The second-order valence-corrected chi connectivity index (χ2v) is 5.09. The van der Waals surface area contributed by atoms with Crippen LogP contribution in [0.25, 0.3) is 0 Å². The fraction of sp³-hybridized carbons (Fsp3) is 0.600. The maximum atomic E-state index is 5.84. The lowest BCUT2D eigenvalue weighted by Gasteiger charge is -2.22. The summed E-state index contributed by atoms with van der Waals surface area (Å²) in [5.74, 6) is 1.76. The molecule has 100 valence electrons. The third kappa shape index (κ3) is 2.78. The predicted molar refractivity (Wildman–Crippen MR) is 76.1 cm³/mol. The lowest BCUT2D eigenvalue weighted by Crippen LogP contribution is -2.21. The molecule has 0 aromatic heterocycles. The van der Waals surface area contributed by atoms with Gasteiger partial charge < -0.3 is 15.4 Å². The van der Waals surface area contributed by atoms with Gasteiger partial charge in [-0.05, 0) is 30.4 Å². The molecule has 1 aromatic carbocycles. The number of hydrogen-bond donors (Lipinski definition) is 1. The largest absolute Gasteiger partial charge is 0.497 e. The Morgan fingerprint density at radius 1 is 1.44 bits per heavy atom. The standard InChI is InChI=1S/C15H24N2O/c1-3-4-12-7-8-17(11-12)15-9-14(18-2)6-5-13(15)10-16/h5-6,9,12H,3-4,7-8,10-11,16H2,1-2H3. The molecule has 3 nitrogen and oxygen atoms in total. The Morgan fingerprint density at radius 3 is 2.94 bits per heavy atom. The van der Waals surface area contributed by atoms with Crippen LogP contribution in [-0.4, -0.2) is 20.2 Å². The molecule has 1 aromatic rings. The number of hydrogen-bond acceptors (Lipinski definition) is 3. The number of benzene rings is 1. The molecule has 3 heteroatoms. The quantitative estimate of drug-likeness (QED) is 0.871. The van der Waals surface area contributed by atoms with E-state index in [1.54, 1.807) is 7.11 Å². The molecular weight excluding hydrogens is 224 g/mol. The van der Waals surface area contributed by atoms with Crippen molar-refractivity contribution in [1.82, 2.24) is 0 Å². The van der Waals surface area contributed by atoms with Crippen molar-refractivity contribution in [1.29, 1.82) is 0 Å². The van der Waals surface area contributed by atoms with Crippen molar-refractivity contribution in [2.75, 3.05) is 25.1 Å². The molecule has 1 atom stereocenters. The molecule has 1 fully saturated rings. The van der Waals surface area contributed by atoms with Gasteiger partial charge in [-0.1, -0.05) is 19.4 Å². The highest BCUT2D eigenvalue weighted by molar-refractivity contribution is 5.58. The van der Waals surface area contributed by atoms with Crippen LogP contribution in [-0.2, 0) is 6.54 Å². The van der Waals surface area contributed by atoms with E-state index in [0.717, 1.165) is 24.8 Å². The zero-order valence-electron chi connectivity index (χ0n) is 11.5. The molecule has 2 rings (SSSR count). The van der Waals surface area contributed by atoms with E-state index in [4.69, 9.17) is 10.5 Å². The summed E-state index contributed by atoms with van der Waals surface area (Å²) in [4.78, 5) is 2.46. The number of nitrogens with two attached hydrogens (primary N) is 1. The summed E-state index contributed by atoms with van der Waals surface area (Å²) in [5.41, 5.74) is 8.31. The maximum Gasteiger partial charge on any atom is 0.120 e. The van der Waals surface area contributed by atoms with Gasteiger partial charge in [-0.2, -0.15) is 0 Å². The normalized spacial score (nSPS) is 19.3. The molecule has 0 bridgehead atoms. The fourth-order valence-corrected chi connectivity index (χ4v) is 2.83. The molecule has 0 amide bonds. The Balaban J connectivity index is 2.16. The van der Waals surface area contributed by atoms with Gasteiger partial charge in [-0.3, -0.25) is 0 Å². The first-order valence-electron chi connectivity index (χ1n) is 6.90. The first kappa shape index (κ1) is 13.2. The SMILES string of the molecule is CCCC1CCN(c2cc(OC)ccc2CN)C1. The molecule has 0 radical (unpaired) electrons. The summed E-state index contributed by atoms with van der Waals surface area (Å²) >= 11 is 0. The van der Waals surface area contributed by atoms with E-state index >= 15 is 0 Å². The fourth-order valence-electron chi connectivity index (χ4n) is 2.83. The topological polar surface area (TPSA) is 38.5 Å². The Morgan fingerprint density at radius 2 is 2.28 bits per heavy atom. The monoisotopic (exact) mass is 248 g/mol. The highest BCUT2D eigenvalue weighted by Crippen LogP contribution is 2.31. The van der Waals surface area contributed by atoms with E-state index in [2.05, 4.69) is 24.0 Å². The van der Waals surface area contributed by atoms with Crippen LogP contribution in [0.2, 0.25) is 0 Å². The Kier molecular flexibility index (Phi) is 4.48. The van der Waals surface area contributed by atoms with Crippen molar-refractivity contribution >= 4 is 5.69 Å². The van der Waals surface area contributed by atoms with E-state index in [0.29, 0.717) is 6.54 Å². The summed E-state index contributed by atoms with van der Waals surface area (Å²) in [7, 11) is 1.71. The average Bonchev–Trinajstić information content (AvgIpc) is 2.87. The number of ether oxygens (including phenoxy) is 1. The van der Waals surface area contributed by atoms with Crippen LogP contribution < -0.4 is 15.4 Å². The Hall–Kier alpha value is -1.22. The van der Waals surface area contributed by atoms with E-state index in [1.165, 1.54) is 30.5 Å². The lowest BCUT2D eigenvalue weighted by atomic mass is 10.0. The number of anilines is 1. The van der Waals surface area contributed by atoms with Crippen LogP contribution >= 0.6 is 0 Å². The zero-order chi connectivity index (χ0) is 13.0. The summed E-state index contributed by atoms with van der Waals surface area (Å²) in [5, 5.41) is 0. The second-order valence-electron chi connectivity index (χ2n) is 5.09. The minimum absolute atomic E-state index is 0.592. The second kappa shape index (κ2) is 6.10. The van der Waals surface area contributed by atoms with Crippen molar-refractivity contribution in [3.05, 3.63) is 23.8 Å². The molecule has 18 heavy (non-hydrogen) atoms. The van der Waals surface area contributed by atoms with Crippen LogP contribution in [0.1, 0.15) is 31.7 Å². The predicted octanol–water partition coefficient (Wildman–Crippen LogP) is 2.78. The Bertz CT molecular complexity index is 392. The zero-order valence-corrected chi connectivity index (χ0v) is 11.5. The van der Waals surface area contributed by atoms with Crippen molar-refractivity contribution in [2.24, 2.45) is 11.7 Å². The van der Waals surface area contributed by atoms with E-state index in [1.807, 2.05) is 6.07 Å². The minimum atomic E-state index is 0.592. The number of nitrogens with zero attached hydrogens (tertiary/aromatic N) is 1. The van der Waals surface area contributed by atoms with Crippen molar-refractivity contribution in [3.63, 3.8) is 0 Å². The first-order chi connectivity index (χ1) is 8.78. The molecule has 1 aliphatic heterocycles. The van der Waals surface area contributed by atoms with Crippen molar-refractivity contribution in [3.8, 4) is 5.75 Å². The smallest absolute Gasteiger partial charge is 0.120 e. The van der Waals surface area contributed by atoms with Gasteiger partial charge in [0.25, 0.3) is 0 Å². The maximum absolute atomic E-state index is 5.84. The van der Waals surface area contributed by atoms with Crippen LogP contribution in [0.5, 0.6) is 5.75 Å². The molecule has 2 N–H and O–H groups in total. The third-order valence-corrected chi connectivity index (χ3v) is 3.84. The van der Waals surface area contributed by atoms with Crippen molar-refractivity contribution < 1.29 is 4.74 Å². The first-order valence-corrected chi connectivity index (χ1v) is 6.90. The summed E-state index contributed by atoms with van der Waals surface area (Å²) in [6.45, 7) is 5.16. The highest BCUT2D eigenvalue weighted by Gasteiger charge is 2.23. The van der Waals surface area contributed by atoms with Crippen LogP contribution in [0.15, 0.2) is 18.2 Å². The molecule has 1 unspecified atom stereocenters. The molecule has 0 aliphatic carbocycles. The van der Waals surface area contributed by atoms with Gasteiger partial charge in [0.1, 0.15) is 5.75 Å². The van der Waals surface area contributed by atoms with Crippen LogP contribution in [0, 0.1) is 5.92 Å². The molecule has 0 saturated carbocycles. The van der Waals surface area contributed by atoms with Gasteiger partial charge in [0.15, 0.2) is 0 Å².